The smallest absolute Gasteiger partial charge is 0.329 e. The third-order valence-corrected chi connectivity index (χ3v) is 6.88. The van der Waals surface area contributed by atoms with Crippen molar-refractivity contribution < 1.29 is 29.0 Å². The average molecular weight is 543 g/mol. The van der Waals surface area contributed by atoms with Crippen molar-refractivity contribution in [3.63, 3.8) is 0 Å². The van der Waals surface area contributed by atoms with E-state index in [1.54, 1.807) is 11.3 Å². The molecule has 0 bridgehead atoms. The van der Waals surface area contributed by atoms with E-state index in [9.17, 15) is 9.59 Å². The molecule has 12 heteroatoms. The van der Waals surface area contributed by atoms with Crippen LogP contribution in [0.4, 0.5) is 0 Å². The molecule has 3 rings (SSSR count). The first-order chi connectivity index (χ1) is 16.9. The number of aliphatic hydroxyl groups excluding tert-OH is 1. The van der Waals surface area contributed by atoms with Gasteiger partial charge in [-0.3, -0.25) is 14.1 Å². The maximum atomic E-state index is 12.0. The number of aliphatic hydroxyl groups is 1. The van der Waals surface area contributed by atoms with Crippen LogP contribution < -0.4 is 11.1 Å². The van der Waals surface area contributed by atoms with E-state index in [4.69, 9.17) is 20.6 Å². The van der Waals surface area contributed by atoms with Gasteiger partial charge in [0.1, 0.15) is 0 Å². The molecule has 2 amide bonds. The van der Waals surface area contributed by atoms with Crippen LogP contribution in [0.1, 0.15) is 51.8 Å². The Bertz CT molecular complexity index is 916. The van der Waals surface area contributed by atoms with Crippen LogP contribution in [0.15, 0.2) is 29.8 Å². The number of likely N-dealkylation sites (tertiary alicyclic amines) is 1. The normalized spacial score (nSPS) is 15.9. The molecule has 0 aliphatic carbocycles. The van der Waals surface area contributed by atoms with Gasteiger partial charge in [-0.1, -0.05) is 45.0 Å². The van der Waals surface area contributed by atoms with Crippen molar-refractivity contribution >= 4 is 32.3 Å². The molecule has 202 valence electrons. The van der Waals surface area contributed by atoms with Crippen LogP contribution in [-0.4, -0.2) is 62.5 Å². The predicted octanol–water partition coefficient (Wildman–Crippen LogP) is 2.90. The fraction of sp³-hybridized carbons (Fsp3) is 0.542. The van der Waals surface area contributed by atoms with Crippen LogP contribution in [0.3, 0.4) is 0 Å². The maximum absolute atomic E-state index is 12.0. The quantitative estimate of drug-likeness (QED) is 0.203. The van der Waals surface area contributed by atoms with E-state index in [0.29, 0.717) is 19.0 Å². The Morgan fingerprint density at radius 3 is 2.39 bits per heavy atom. The van der Waals surface area contributed by atoms with Crippen molar-refractivity contribution in [2.45, 2.75) is 66.1 Å². The second-order valence-corrected chi connectivity index (χ2v) is 11.0. The van der Waals surface area contributed by atoms with Gasteiger partial charge in [-0.25, -0.2) is 4.98 Å². The first kappa shape index (κ1) is 32.0. The minimum absolute atomic E-state index is 0.113. The Kier molecular flexibility index (Phi) is 14.2. The zero-order valence-electron chi connectivity index (χ0n) is 21.5. The number of benzene rings is 1. The van der Waals surface area contributed by atoms with Crippen LogP contribution >= 0.6 is 19.9 Å². The van der Waals surface area contributed by atoms with Gasteiger partial charge in [-0.05, 0) is 43.2 Å². The SMILES string of the molecule is CC1CCCN1C(=O)C(N)C(C)(C)C.Cc1ncsc1-c1ccc(CNC=O)cc1.OCOP(O)O. The highest BCUT2D eigenvalue weighted by atomic mass is 32.1. The van der Waals surface area contributed by atoms with Gasteiger partial charge < -0.3 is 30.8 Å². The first-order valence-electron chi connectivity index (χ1n) is 11.6. The Morgan fingerprint density at radius 1 is 1.36 bits per heavy atom. The second kappa shape index (κ2) is 16.0. The summed E-state index contributed by atoms with van der Waals surface area (Å²) in [6.45, 7) is 10.9. The van der Waals surface area contributed by atoms with E-state index >= 15 is 0 Å². The fourth-order valence-corrected chi connectivity index (χ4v) is 4.29. The molecular weight excluding hydrogens is 503 g/mol. The third-order valence-electron chi connectivity index (χ3n) is 5.56. The molecule has 2 unspecified atom stereocenters. The number of aromatic nitrogens is 1. The molecule has 0 spiro atoms. The first-order valence-corrected chi connectivity index (χ1v) is 13.6. The fourth-order valence-electron chi connectivity index (χ4n) is 3.37. The number of carbonyl (C=O) groups excluding carboxylic acids is 2. The van der Waals surface area contributed by atoms with Crippen LogP contribution in [-0.2, 0) is 20.7 Å². The number of aryl methyl sites for hydroxylation is 1. The number of amides is 2. The van der Waals surface area contributed by atoms with Gasteiger partial charge in [0.25, 0.3) is 0 Å². The van der Waals surface area contributed by atoms with Gasteiger partial charge >= 0.3 is 8.60 Å². The lowest BCUT2D eigenvalue weighted by molar-refractivity contribution is -0.135. The van der Waals surface area contributed by atoms with E-state index < -0.39 is 15.4 Å². The molecule has 1 aliphatic rings. The van der Waals surface area contributed by atoms with Crippen LogP contribution in [0.2, 0.25) is 0 Å². The second-order valence-electron chi connectivity index (χ2n) is 9.34. The number of nitrogens with two attached hydrogens (primary N) is 1. The molecule has 0 saturated carbocycles. The monoisotopic (exact) mass is 542 g/mol. The van der Waals surface area contributed by atoms with E-state index in [1.165, 1.54) is 10.4 Å². The lowest BCUT2D eigenvalue weighted by atomic mass is 9.86. The molecular formula is C24H39N4O6PS. The van der Waals surface area contributed by atoms with Crippen molar-refractivity contribution in [2.75, 3.05) is 13.3 Å². The lowest BCUT2D eigenvalue weighted by Crippen LogP contribution is -2.51. The van der Waals surface area contributed by atoms with Crippen molar-refractivity contribution in [3.8, 4) is 10.4 Å². The number of nitrogens with one attached hydrogen (secondary N) is 1. The Labute approximate surface area is 218 Å². The summed E-state index contributed by atoms with van der Waals surface area (Å²) in [5.74, 6) is 0.113. The van der Waals surface area contributed by atoms with Gasteiger partial charge in [0, 0.05) is 19.1 Å². The topological polar surface area (TPSA) is 158 Å². The Hall–Kier alpha value is -1.98. The van der Waals surface area contributed by atoms with Crippen LogP contribution in [0.5, 0.6) is 0 Å². The van der Waals surface area contributed by atoms with Crippen LogP contribution in [0, 0.1) is 12.3 Å². The van der Waals surface area contributed by atoms with E-state index in [-0.39, 0.29) is 17.4 Å². The van der Waals surface area contributed by atoms with Crippen molar-refractivity contribution in [2.24, 2.45) is 11.1 Å². The average Bonchev–Trinajstić information content (AvgIpc) is 3.45. The lowest BCUT2D eigenvalue weighted by Gasteiger charge is -2.31. The van der Waals surface area contributed by atoms with E-state index in [2.05, 4.69) is 33.9 Å². The number of hydrogen-bond donors (Lipinski definition) is 5. The van der Waals surface area contributed by atoms with E-state index in [1.807, 2.05) is 50.2 Å². The van der Waals surface area contributed by atoms with Gasteiger partial charge in [-0.2, -0.15) is 0 Å². The molecule has 10 nitrogen and oxygen atoms in total. The highest BCUT2D eigenvalue weighted by Gasteiger charge is 2.34. The van der Waals surface area contributed by atoms with Gasteiger partial charge in [0.15, 0.2) is 6.79 Å². The molecule has 36 heavy (non-hydrogen) atoms. The molecule has 1 saturated heterocycles. The molecule has 0 radical (unpaired) electrons. The molecule has 1 fully saturated rings. The zero-order valence-corrected chi connectivity index (χ0v) is 23.3. The van der Waals surface area contributed by atoms with Gasteiger partial charge in [0.05, 0.1) is 22.1 Å². The molecule has 1 aromatic heterocycles. The number of nitrogens with zero attached hydrogens (tertiary/aromatic N) is 2. The van der Waals surface area contributed by atoms with Crippen LogP contribution in [0.25, 0.3) is 10.4 Å². The van der Waals surface area contributed by atoms with Crippen molar-refractivity contribution in [1.82, 2.24) is 15.2 Å². The highest BCUT2D eigenvalue weighted by molar-refractivity contribution is 7.39. The summed E-state index contributed by atoms with van der Waals surface area (Å²) in [7, 11) is -2.35. The molecule has 2 aromatic rings. The van der Waals surface area contributed by atoms with Crippen molar-refractivity contribution in [1.29, 1.82) is 0 Å². The minimum Gasteiger partial charge on any atom is -0.370 e. The van der Waals surface area contributed by atoms with Gasteiger partial charge in [-0.15, -0.1) is 11.3 Å². The zero-order chi connectivity index (χ0) is 27.3. The molecule has 1 aromatic carbocycles. The summed E-state index contributed by atoms with van der Waals surface area (Å²) in [6, 6.07) is 8.15. The maximum Gasteiger partial charge on any atom is 0.329 e. The Balaban J connectivity index is 0.000000298. The van der Waals surface area contributed by atoms with Crippen molar-refractivity contribution in [3.05, 3.63) is 41.0 Å². The minimum atomic E-state index is -2.35. The number of carbonyl (C=O) groups is 2. The summed E-state index contributed by atoms with van der Waals surface area (Å²) in [4.78, 5) is 45.1. The van der Waals surface area contributed by atoms with Gasteiger partial charge in [0.2, 0.25) is 12.3 Å². The summed E-state index contributed by atoms with van der Waals surface area (Å²) >= 11 is 1.64. The summed E-state index contributed by atoms with van der Waals surface area (Å²) in [5.41, 5.74) is 11.0. The Morgan fingerprint density at radius 2 is 2.00 bits per heavy atom. The number of thiazole rings is 1. The summed E-state index contributed by atoms with van der Waals surface area (Å²) in [5, 5.41) is 10.4. The third kappa shape index (κ3) is 11.0. The molecule has 2 heterocycles. The number of hydrogen-bond acceptors (Lipinski definition) is 9. The summed E-state index contributed by atoms with van der Waals surface area (Å²) in [6.07, 6.45) is 2.94. The molecule has 1 aliphatic heterocycles. The largest absolute Gasteiger partial charge is 0.370 e. The number of rotatable bonds is 7. The molecule has 2 atom stereocenters. The predicted molar refractivity (Wildman–Crippen MR) is 143 cm³/mol. The molecule has 6 N–H and O–H groups in total. The highest BCUT2D eigenvalue weighted by Crippen LogP contribution is 2.27. The standard InChI is InChI=1S/C12H12N2OS.C11H22N2O.CH5O4P/c1-9-12(16-8-14-9)11-4-2-10(3-5-11)6-13-7-15;1-8-6-5-7-13(8)10(14)9(12)11(2,3)4;2-1-5-6(3)4/h2-5,7-8H,6H2,1H3,(H,13,15);8-9H,5-7,12H2,1-4H3;2-4H,1H2. The summed E-state index contributed by atoms with van der Waals surface area (Å²) < 4.78 is 3.77. The van der Waals surface area contributed by atoms with E-state index in [0.717, 1.165) is 30.6 Å².